The van der Waals surface area contributed by atoms with Gasteiger partial charge < -0.3 is 28.7 Å². The fourth-order valence-corrected chi connectivity index (χ4v) is 3.05. The maximum absolute atomic E-state index is 12.3. The lowest BCUT2D eigenvalue weighted by Crippen LogP contribution is -2.39. The van der Waals surface area contributed by atoms with E-state index in [1.165, 1.54) is 35.4 Å². The van der Waals surface area contributed by atoms with E-state index in [0.717, 1.165) is 0 Å². The molecule has 0 aliphatic carbocycles. The molecule has 0 atom stereocenters. The number of nitrogens with zero attached hydrogens (tertiary/aromatic N) is 2. The molecular weight excluding hydrogens is 418 g/mol. The molecule has 1 heterocycles. The number of nitrogens with one attached hydrogen (secondary N) is 1. The molecule has 0 saturated heterocycles. The van der Waals surface area contributed by atoms with Crippen molar-refractivity contribution in [2.24, 2.45) is 14.1 Å². The molecule has 1 N–H and O–H groups in total. The highest BCUT2D eigenvalue weighted by Crippen LogP contribution is 2.34. The zero-order valence-corrected chi connectivity index (χ0v) is 18.1. The first-order chi connectivity index (χ1) is 15.3. The van der Waals surface area contributed by atoms with Gasteiger partial charge in [0.05, 0.1) is 29.9 Å². The summed E-state index contributed by atoms with van der Waals surface area (Å²) in [6.07, 6.45) is 0. The predicted octanol–water partition coefficient (Wildman–Crippen LogP) is 1.93. The number of amides is 1. The number of benzene rings is 2. The van der Waals surface area contributed by atoms with Gasteiger partial charge in [0.2, 0.25) is 0 Å². The summed E-state index contributed by atoms with van der Waals surface area (Å²) < 4.78 is 18.4. The Morgan fingerprint density at radius 2 is 1.44 bits per heavy atom. The van der Waals surface area contributed by atoms with Crippen LogP contribution in [0.15, 0.2) is 46.0 Å². The summed E-state index contributed by atoms with van der Waals surface area (Å²) in [5.41, 5.74) is -0.571. The van der Waals surface area contributed by atoms with Gasteiger partial charge in [-0.1, -0.05) is 0 Å². The summed E-state index contributed by atoms with van der Waals surface area (Å²) in [6.45, 7) is 4.01. The SMILES string of the molecule is CCOC(=O)C(=O)Nc1cc2c(cc1Oc1ccc(OCC)cc1)n(C)c(=O)c(=O)n2C. The van der Waals surface area contributed by atoms with E-state index in [9.17, 15) is 19.2 Å². The lowest BCUT2D eigenvalue weighted by Gasteiger charge is -2.16. The van der Waals surface area contributed by atoms with Crippen LogP contribution in [0.2, 0.25) is 0 Å². The van der Waals surface area contributed by atoms with E-state index in [2.05, 4.69) is 5.32 Å². The summed E-state index contributed by atoms with van der Waals surface area (Å²) >= 11 is 0. The fraction of sp³-hybridized carbons (Fsp3) is 0.273. The van der Waals surface area contributed by atoms with Crippen molar-refractivity contribution in [2.75, 3.05) is 18.5 Å². The number of hydrogen-bond acceptors (Lipinski definition) is 7. The third-order valence-corrected chi connectivity index (χ3v) is 4.66. The minimum Gasteiger partial charge on any atom is -0.494 e. The average Bonchev–Trinajstić information content (AvgIpc) is 2.78. The fourth-order valence-electron chi connectivity index (χ4n) is 3.05. The maximum Gasteiger partial charge on any atom is 0.397 e. The van der Waals surface area contributed by atoms with Gasteiger partial charge in [-0.15, -0.1) is 0 Å². The molecule has 168 valence electrons. The van der Waals surface area contributed by atoms with Crippen LogP contribution in [-0.4, -0.2) is 34.2 Å². The molecule has 0 saturated carbocycles. The summed E-state index contributed by atoms with van der Waals surface area (Å²) in [7, 11) is 2.90. The van der Waals surface area contributed by atoms with Crippen LogP contribution in [-0.2, 0) is 28.4 Å². The van der Waals surface area contributed by atoms with Crippen molar-refractivity contribution >= 4 is 28.6 Å². The first kappa shape index (κ1) is 22.6. The Bertz CT molecular complexity index is 1290. The molecule has 1 amide bonds. The van der Waals surface area contributed by atoms with Crippen LogP contribution in [0.1, 0.15) is 13.8 Å². The Hall–Kier alpha value is -4.08. The molecule has 0 bridgehead atoms. The van der Waals surface area contributed by atoms with Gasteiger partial charge >= 0.3 is 23.0 Å². The molecule has 0 aliphatic heterocycles. The lowest BCUT2D eigenvalue weighted by atomic mass is 10.2. The van der Waals surface area contributed by atoms with Gasteiger partial charge in [-0.3, -0.25) is 14.4 Å². The van der Waals surface area contributed by atoms with E-state index in [4.69, 9.17) is 14.2 Å². The second-order valence-electron chi connectivity index (χ2n) is 6.75. The molecule has 10 heteroatoms. The molecule has 0 unspecified atom stereocenters. The van der Waals surface area contributed by atoms with Crippen molar-refractivity contribution in [1.82, 2.24) is 9.13 Å². The highest BCUT2D eigenvalue weighted by Gasteiger charge is 2.20. The van der Waals surface area contributed by atoms with E-state index in [0.29, 0.717) is 29.1 Å². The molecule has 1 aromatic heterocycles. The monoisotopic (exact) mass is 441 g/mol. The number of esters is 1. The third kappa shape index (κ3) is 4.48. The van der Waals surface area contributed by atoms with E-state index in [-0.39, 0.29) is 18.0 Å². The van der Waals surface area contributed by atoms with Gasteiger partial charge in [0.1, 0.15) is 11.5 Å². The standard InChI is InChI=1S/C22H23N3O7/c1-5-30-13-7-9-14(10-8-13)32-18-12-17-16(24(3)20(27)21(28)25(17)4)11-15(18)23-19(26)22(29)31-6-2/h7-12H,5-6H2,1-4H3,(H,23,26). The quantitative estimate of drug-likeness (QED) is 0.459. The molecule has 0 fully saturated rings. The largest absolute Gasteiger partial charge is 0.494 e. The van der Waals surface area contributed by atoms with Crippen molar-refractivity contribution in [3.05, 3.63) is 57.1 Å². The summed E-state index contributed by atoms with van der Waals surface area (Å²) in [5, 5.41) is 2.45. The number of carbonyl (C=O) groups excluding carboxylic acids is 2. The zero-order chi connectivity index (χ0) is 23.4. The Morgan fingerprint density at radius 1 is 0.875 bits per heavy atom. The van der Waals surface area contributed by atoms with Crippen molar-refractivity contribution < 1.29 is 23.8 Å². The number of hydrogen-bond donors (Lipinski definition) is 1. The summed E-state index contributed by atoms with van der Waals surface area (Å²) in [6, 6.07) is 9.74. The van der Waals surface area contributed by atoms with Crippen LogP contribution >= 0.6 is 0 Å². The first-order valence-corrected chi connectivity index (χ1v) is 9.89. The molecule has 3 rings (SSSR count). The number of rotatable bonds is 6. The maximum atomic E-state index is 12.3. The molecule has 0 spiro atoms. The van der Waals surface area contributed by atoms with Gasteiger partial charge in [-0.25, -0.2) is 4.79 Å². The van der Waals surface area contributed by atoms with Gasteiger partial charge in [0.25, 0.3) is 0 Å². The second-order valence-corrected chi connectivity index (χ2v) is 6.75. The first-order valence-electron chi connectivity index (χ1n) is 9.89. The van der Waals surface area contributed by atoms with Crippen LogP contribution in [0, 0.1) is 0 Å². The van der Waals surface area contributed by atoms with Crippen molar-refractivity contribution in [3.8, 4) is 17.2 Å². The van der Waals surface area contributed by atoms with Crippen LogP contribution in [0.25, 0.3) is 11.0 Å². The van der Waals surface area contributed by atoms with E-state index in [1.807, 2.05) is 6.92 Å². The highest BCUT2D eigenvalue weighted by molar-refractivity contribution is 6.37. The smallest absolute Gasteiger partial charge is 0.397 e. The topological polar surface area (TPSA) is 118 Å². The van der Waals surface area contributed by atoms with Crippen LogP contribution < -0.4 is 25.9 Å². The lowest BCUT2D eigenvalue weighted by molar-refractivity contribution is -0.152. The average molecular weight is 441 g/mol. The Kier molecular flexibility index (Phi) is 6.62. The molecule has 0 radical (unpaired) electrons. The normalized spacial score (nSPS) is 10.6. The molecule has 32 heavy (non-hydrogen) atoms. The highest BCUT2D eigenvalue weighted by atomic mass is 16.5. The van der Waals surface area contributed by atoms with Gasteiger partial charge in [0, 0.05) is 20.2 Å². The number of aromatic nitrogens is 2. The number of anilines is 1. The Labute approximate surface area is 182 Å². The zero-order valence-electron chi connectivity index (χ0n) is 18.1. The summed E-state index contributed by atoms with van der Waals surface area (Å²) in [5.74, 6) is -0.819. The molecule has 3 aromatic rings. The molecular formula is C22H23N3O7. The van der Waals surface area contributed by atoms with Crippen molar-refractivity contribution in [1.29, 1.82) is 0 Å². The van der Waals surface area contributed by atoms with E-state index in [1.54, 1.807) is 31.2 Å². The Balaban J connectivity index is 2.12. The van der Waals surface area contributed by atoms with Crippen LogP contribution in [0.5, 0.6) is 17.2 Å². The predicted molar refractivity (Wildman–Crippen MR) is 117 cm³/mol. The molecule has 10 nitrogen and oxygen atoms in total. The minimum absolute atomic E-state index is 0.0378. The van der Waals surface area contributed by atoms with Gasteiger partial charge in [-0.05, 0) is 44.2 Å². The summed E-state index contributed by atoms with van der Waals surface area (Å²) in [4.78, 5) is 48.5. The number of aryl methyl sites for hydroxylation is 2. The van der Waals surface area contributed by atoms with Gasteiger partial charge in [0.15, 0.2) is 5.75 Å². The van der Waals surface area contributed by atoms with E-state index >= 15 is 0 Å². The number of ether oxygens (including phenoxy) is 3. The third-order valence-electron chi connectivity index (χ3n) is 4.66. The number of carbonyl (C=O) groups is 2. The van der Waals surface area contributed by atoms with Gasteiger partial charge in [-0.2, -0.15) is 0 Å². The molecule has 2 aromatic carbocycles. The van der Waals surface area contributed by atoms with Crippen molar-refractivity contribution in [2.45, 2.75) is 13.8 Å². The minimum atomic E-state index is -1.06. The number of fused-ring (bicyclic) bond motifs is 1. The van der Waals surface area contributed by atoms with Crippen LogP contribution in [0.4, 0.5) is 5.69 Å². The molecule has 0 aliphatic rings. The van der Waals surface area contributed by atoms with Crippen LogP contribution in [0.3, 0.4) is 0 Å². The van der Waals surface area contributed by atoms with Crippen molar-refractivity contribution in [3.63, 3.8) is 0 Å². The second kappa shape index (κ2) is 9.38. The Morgan fingerprint density at radius 3 is 2.00 bits per heavy atom. The van der Waals surface area contributed by atoms with E-state index < -0.39 is 23.0 Å².